The summed E-state index contributed by atoms with van der Waals surface area (Å²) < 4.78 is 12.0. The molecule has 0 fully saturated rings. The summed E-state index contributed by atoms with van der Waals surface area (Å²) in [5.74, 6) is 1.85. The van der Waals surface area contributed by atoms with Crippen LogP contribution in [0.3, 0.4) is 0 Å². The number of hydrogen-bond donors (Lipinski definition) is 0. The van der Waals surface area contributed by atoms with Crippen LogP contribution in [0.1, 0.15) is 0 Å². The molecule has 0 bridgehead atoms. The highest BCUT2D eigenvalue weighted by Crippen LogP contribution is 2.32. The fraction of sp³-hybridized carbons (Fsp3) is 0. The zero-order valence-electron chi connectivity index (χ0n) is 24.6. The summed E-state index contributed by atoms with van der Waals surface area (Å²) in [5.41, 5.74) is 11.0. The van der Waals surface area contributed by atoms with E-state index in [1.807, 2.05) is 36.4 Å². The van der Waals surface area contributed by atoms with Crippen molar-refractivity contribution in [2.75, 3.05) is 0 Å². The molecule has 6 nitrogen and oxygen atoms in total. The van der Waals surface area contributed by atoms with Crippen LogP contribution in [0.4, 0.5) is 0 Å². The highest BCUT2D eigenvalue weighted by atomic mass is 79.9. The lowest BCUT2D eigenvalue weighted by Gasteiger charge is -2.05. The van der Waals surface area contributed by atoms with Gasteiger partial charge in [0.05, 0.1) is 55.5 Å². The second kappa shape index (κ2) is 11.2. The summed E-state index contributed by atoms with van der Waals surface area (Å²) in [6.07, 6.45) is 0. The van der Waals surface area contributed by atoms with Crippen molar-refractivity contribution >= 4 is 103 Å². The van der Waals surface area contributed by atoms with Gasteiger partial charge in [0.2, 0.25) is 11.6 Å². The maximum absolute atomic E-state index is 4.88. The molecule has 0 aliphatic carbocycles. The van der Waals surface area contributed by atoms with Gasteiger partial charge in [-0.3, -0.25) is 17.9 Å². The van der Waals surface area contributed by atoms with Crippen LogP contribution in [0.5, 0.6) is 0 Å². The fourth-order valence-electron chi connectivity index (χ4n) is 6.46. The van der Waals surface area contributed by atoms with Crippen LogP contribution in [0.2, 0.25) is 0 Å². The van der Waals surface area contributed by atoms with E-state index < -0.39 is 0 Å². The first-order valence-electron chi connectivity index (χ1n) is 15.0. The van der Waals surface area contributed by atoms with Gasteiger partial charge < -0.3 is 0 Å². The van der Waals surface area contributed by atoms with Crippen LogP contribution in [-0.2, 0) is 0 Å². The number of hydrogen-bond acceptors (Lipinski definition) is 2. The SMILES string of the molecule is Brc1cccc(-n2c3ccc(Br)cc3n3c4ccccc4nc23)c1.Brc1cccc(-n2c3ccccc3n3c4ccccc4nc23)c1. The molecule has 0 unspecified atom stereocenters. The normalized spacial score (nSPS) is 11.7. The van der Waals surface area contributed by atoms with Crippen LogP contribution in [0.25, 0.3) is 67.1 Å². The molecule has 10 aromatic rings. The summed E-state index contributed by atoms with van der Waals surface area (Å²) in [6, 6.07) is 47.9. The van der Waals surface area contributed by atoms with Gasteiger partial charge >= 0.3 is 0 Å². The van der Waals surface area contributed by atoms with E-state index >= 15 is 0 Å². The minimum absolute atomic E-state index is 0.919. The molecule has 0 aliphatic heterocycles. The molecule has 0 N–H and O–H groups in total. The molecule has 0 atom stereocenters. The van der Waals surface area contributed by atoms with Crippen LogP contribution >= 0.6 is 47.8 Å². The van der Waals surface area contributed by atoms with Crippen LogP contribution < -0.4 is 0 Å². The highest BCUT2D eigenvalue weighted by Gasteiger charge is 2.18. The number of para-hydroxylation sites is 6. The average molecular weight is 803 g/mol. The first-order chi connectivity index (χ1) is 23.0. The van der Waals surface area contributed by atoms with Crippen molar-refractivity contribution in [3.05, 3.63) is 153 Å². The minimum Gasteiger partial charge on any atom is -0.278 e. The Morgan fingerprint density at radius 3 is 1.36 bits per heavy atom. The molecule has 0 saturated carbocycles. The molecule has 226 valence electrons. The Morgan fingerprint density at radius 1 is 0.362 bits per heavy atom. The van der Waals surface area contributed by atoms with Crippen LogP contribution in [0, 0.1) is 0 Å². The second-order valence-electron chi connectivity index (χ2n) is 11.2. The molecule has 0 radical (unpaired) electrons. The maximum Gasteiger partial charge on any atom is 0.220 e. The van der Waals surface area contributed by atoms with Crippen molar-refractivity contribution in [3.63, 3.8) is 0 Å². The Bertz CT molecular complexity index is 2800. The van der Waals surface area contributed by atoms with Crippen molar-refractivity contribution in [2.45, 2.75) is 0 Å². The average Bonchev–Trinajstić information content (AvgIpc) is 3.81. The maximum atomic E-state index is 4.88. The van der Waals surface area contributed by atoms with E-state index in [9.17, 15) is 0 Å². The predicted molar refractivity (Wildman–Crippen MR) is 202 cm³/mol. The Morgan fingerprint density at radius 2 is 0.809 bits per heavy atom. The molecule has 6 aromatic carbocycles. The number of nitrogens with zero attached hydrogens (tertiary/aromatic N) is 6. The van der Waals surface area contributed by atoms with E-state index in [-0.39, 0.29) is 0 Å². The molecule has 4 aromatic heterocycles. The largest absolute Gasteiger partial charge is 0.278 e. The first kappa shape index (κ1) is 28.5. The second-order valence-corrected chi connectivity index (χ2v) is 14.0. The number of fused-ring (bicyclic) bond motifs is 10. The van der Waals surface area contributed by atoms with Gasteiger partial charge in [0.15, 0.2) is 0 Å². The van der Waals surface area contributed by atoms with Crippen molar-refractivity contribution in [1.82, 2.24) is 27.9 Å². The summed E-state index contributed by atoms with van der Waals surface area (Å²) in [5, 5.41) is 0. The van der Waals surface area contributed by atoms with E-state index in [4.69, 9.17) is 9.97 Å². The van der Waals surface area contributed by atoms with Gasteiger partial charge in [0.1, 0.15) is 0 Å². The topological polar surface area (TPSA) is 44.5 Å². The molecule has 10 rings (SSSR count). The zero-order chi connectivity index (χ0) is 31.6. The first-order valence-corrected chi connectivity index (χ1v) is 17.4. The van der Waals surface area contributed by atoms with E-state index in [0.717, 1.165) is 80.5 Å². The quantitative estimate of drug-likeness (QED) is 0.175. The van der Waals surface area contributed by atoms with Crippen LogP contribution in [0.15, 0.2) is 153 Å². The number of aromatic nitrogens is 6. The summed E-state index contributed by atoms with van der Waals surface area (Å²) >= 11 is 10.7. The van der Waals surface area contributed by atoms with Crippen molar-refractivity contribution in [2.24, 2.45) is 0 Å². The van der Waals surface area contributed by atoms with Gasteiger partial charge in [-0.05, 0) is 91.0 Å². The Labute approximate surface area is 293 Å². The summed E-state index contributed by atoms with van der Waals surface area (Å²) in [4.78, 5) is 9.75. The lowest BCUT2D eigenvalue weighted by atomic mass is 10.2. The van der Waals surface area contributed by atoms with Crippen molar-refractivity contribution in [1.29, 1.82) is 0 Å². The molecular formula is C38H23Br3N6. The van der Waals surface area contributed by atoms with E-state index in [0.29, 0.717) is 0 Å². The third kappa shape index (κ3) is 4.64. The number of imidazole rings is 4. The molecule has 0 saturated heterocycles. The Hall–Kier alpha value is -4.70. The molecule has 4 heterocycles. The number of halogens is 3. The molecule has 9 heteroatoms. The monoisotopic (exact) mass is 800 g/mol. The minimum atomic E-state index is 0.919. The van der Waals surface area contributed by atoms with Crippen LogP contribution in [-0.4, -0.2) is 27.9 Å². The molecule has 0 aliphatic rings. The third-order valence-corrected chi connectivity index (χ3v) is 9.88. The Balaban J connectivity index is 0.000000129. The van der Waals surface area contributed by atoms with Gasteiger partial charge in [-0.15, -0.1) is 0 Å². The molecule has 0 spiro atoms. The number of rotatable bonds is 2. The fourth-order valence-corrected chi connectivity index (χ4v) is 7.59. The van der Waals surface area contributed by atoms with E-state index in [1.54, 1.807) is 0 Å². The predicted octanol–water partition coefficient (Wildman–Crippen LogP) is 11.2. The van der Waals surface area contributed by atoms with Gasteiger partial charge in [0.25, 0.3) is 0 Å². The van der Waals surface area contributed by atoms with Crippen molar-refractivity contribution in [3.8, 4) is 11.4 Å². The third-order valence-electron chi connectivity index (χ3n) is 8.40. The highest BCUT2D eigenvalue weighted by molar-refractivity contribution is 9.11. The standard InChI is InChI=1S/C19H11Br2N3.C19H12BrN3/c20-12-4-3-5-14(10-12)23-17-9-8-13(21)11-18(17)24-16-7-2-1-6-15(16)22-19(23)24;20-13-6-5-7-14(12-13)22-17-10-3-4-11-18(17)23-16-9-2-1-8-15(16)21-19(22)23/h1-11H;1-12H. The summed E-state index contributed by atoms with van der Waals surface area (Å²) in [6.45, 7) is 0. The molecular weight excluding hydrogens is 780 g/mol. The number of benzene rings is 6. The van der Waals surface area contributed by atoms with E-state index in [1.165, 1.54) is 0 Å². The van der Waals surface area contributed by atoms with Gasteiger partial charge in [-0.2, -0.15) is 0 Å². The smallest absolute Gasteiger partial charge is 0.220 e. The summed E-state index contributed by atoms with van der Waals surface area (Å²) in [7, 11) is 0. The lowest BCUT2D eigenvalue weighted by molar-refractivity contribution is 1.11. The Kier molecular flexibility index (Phi) is 6.81. The van der Waals surface area contributed by atoms with Crippen molar-refractivity contribution < 1.29 is 0 Å². The van der Waals surface area contributed by atoms with Gasteiger partial charge in [-0.25, -0.2) is 9.97 Å². The molecule has 47 heavy (non-hydrogen) atoms. The lowest BCUT2D eigenvalue weighted by Crippen LogP contribution is -1.94. The van der Waals surface area contributed by atoms with Gasteiger partial charge in [0, 0.05) is 13.4 Å². The zero-order valence-corrected chi connectivity index (χ0v) is 29.4. The van der Waals surface area contributed by atoms with Gasteiger partial charge in [-0.1, -0.05) is 96.3 Å². The molecule has 0 amide bonds. The van der Waals surface area contributed by atoms with E-state index in [2.05, 4.69) is 169 Å².